The summed E-state index contributed by atoms with van der Waals surface area (Å²) in [5.41, 5.74) is 1.16. The minimum absolute atomic E-state index is 0.250. The number of fused-ring (bicyclic) bond motifs is 1. The zero-order valence-electron chi connectivity index (χ0n) is 12.2. The Labute approximate surface area is 119 Å². The summed E-state index contributed by atoms with van der Waals surface area (Å²) in [5, 5.41) is 9.14. The van der Waals surface area contributed by atoms with Gasteiger partial charge in [0.2, 0.25) is 0 Å². The van der Waals surface area contributed by atoms with Gasteiger partial charge in [-0.1, -0.05) is 0 Å². The lowest BCUT2D eigenvalue weighted by atomic mass is 10.00. The summed E-state index contributed by atoms with van der Waals surface area (Å²) in [5.74, 6) is 0.650. The Hall–Kier alpha value is -1.36. The molecule has 5 heteroatoms. The van der Waals surface area contributed by atoms with Crippen LogP contribution < -0.4 is 0 Å². The first-order chi connectivity index (χ1) is 9.54. The van der Waals surface area contributed by atoms with Crippen LogP contribution in [0.25, 0.3) is 0 Å². The standard InChI is InChI=1S/C15H23N3O2/c1-10(2)17-6-5-11(7-17)13-9-18-8-12(15(19)20)3-4-14(18)16-13/h9-12H,3-8H2,1-2H3,(H,19,20). The number of aryl methyl sites for hydroxylation is 1. The van der Waals surface area contributed by atoms with E-state index in [1.165, 1.54) is 0 Å². The predicted molar refractivity (Wildman–Crippen MR) is 75.7 cm³/mol. The summed E-state index contributed by atoms with van der Waals surface area (Å²) in [6.45, 7) is 7.27. The van der Waals surface area contributed by atoms with Crippen molar-refractivity contribution in [2.45, 2.75) is 51.6 Å². The average Bonchev–Trinajstić information content (AvgIpc) is 3.04. The number of aromatic nitrogens is 2. The molecule has 2 aliphatic heterocycles. The lowest BCUT2D eigenvalue weighted by Gasteiger charge is -2.19. The molecule has 1 N–H and O–H groups in total. The first-order valence-electron chi connectivity index (χ1n) is 7.57. The molecule has 1 aromatic heterocycles. The fourth-order valence-corrected chi connectivity index (χ4v) is 3.36. The number of carboxylic acid groups (broad SMARTS) is 1. The van der Waals surface area contributed by atoms with Gasteiger partial charge >= 0.3 is 5.97 Å². The molecule has 2 aliphatic rings. The molecular weight excluding hydrogens is 254 g/mol. The molecule has 0 spiro atoms. The van der Waals surface area contributed by atoms with E-state index in [9.17, 15) is 4.79 Å². The van der Waals surface area contributed by atoms with Crippen LogP contribution in [-0.4, -0.2) is 44.7 Å². The molecule has 0 bridgehead atoms. The maximum Gasteiger partial charge on any atom is 0.308 e. The molecule has 0 radical (unpaired) electrons. The van der Waals surface area contributed by atoms with Gasteiger partial charge < -0.3 is 14.6 Å². The molecule has 1 fully saturated rings. The van der Waals surface area contributed by atoms with Crippen LogP contribution >= 0.6 is 0 Å². The minimum Gasteiger partial charge on any atom is -0.481 e. The van der Waals surface area contributed by atoms with E-state index < -0.39 is 5.97 Å². The highest BCUT2D eigenvalue weighted by Gasteiger charge is 2.30. The lowest BCUT2D eigenvalue weighted by Crippen LogP contribution is -2.27. The van der Waals surface area contributed by atoms with Crippen LogP contribution in [0.3, 0.4) is 0 Å². The summed E-state index contributed by atoms with van der Waals surface area (Å²) in [6, 6.07) is 0.591. The second-order valence-electron chi connectivity index (χ2n) is 6.38. The van der Waals surface area contributed by atoms with Gasteiger partial charge in [0, 0.05) is 37.7 Å². The van der Waals surface area contributed by atoms with Crippen molar-refractivity contribution in [1.29, 1.82) is 0 Å². The topological polar surface area (TPSA) is 58.4 Å². The van der Waals surface area contributed by atoms with Gasteiger partial charge in [0.1, 0.15) is 5.82 Å². The van der Waals surface area contributed by atoms with Gasteiger partial charge in [-0.05, 0) is 33.2 Å². The monoisotopic (exact) mass is 277 g/mol. The largest absolute Gasteiger partial charge is 0.481 e. The van der Waals surface area contributed by atoms with E-state index in [1.807, 2.05) is 0 Å². The van der Waals surface area contributed by atoms with Crippen molar-refractivity contribution >= 4 is 5.97 Å². The van der Waals surface area contributed by atoms with Crippen LogP contribution in [0.5, 0.6) is 0 Å². The molecule has 2 unspecified atom stereocenters. The van der Waals surface area contributed by atoms with E-state index in [4.69, 9.17) is 10.1 Å². The molecule has 3 heterocycles. The Balaban J connectivity index is 1.73. The van der Waals surface area contributed by atoms with Gasteiger partial charge in [0.25, 0.3) is 0 Å². The number of carbonyl (C=O) groups is 1. The van der Waals surface area contributed by atoms with Gasteiger partial charge in [-0.3, -0.25) is 4.79 Å². The third-order valence-electron chi connectivity index (χ3n) is 4.73. The molecular formula is C15H23N3O2. The molecule has 2 atom stereocenters. The van der Waals surface area contributed by atoms with Crippen molar-refractivity contribution in [3.63, 3.8) is 0 Å². The van der Waals surface area contributed by atoms with Gasteiger partial charge in [-0.15, -0.1) is 0 Å². The van der Waals surface area contributed by atoms with E-state index >= 15 is 0 Å². The highest BCUT2D eigenvalue weighted by atomic mass is 16.4. The average molecular weight is 277 g/mol. The van der Waals surface area contributed by atoms with Crippen LogP contribution in [-0.2, 0) is 17.8 Å². The van der Waals surface area contributed by atoms with E-state index in [1.54, 1.807) is 0 Å². The maximum absolute atomic E-state index is 11.1. The Morgan fingerprint density at radius 1 is 1.40 bits per heavy atom. The summed E-state index contributed by atoms with van der Waals surface area (Å²) in [4.78, 5) is 18.4. The molecule has 0 saturated carbocycles. The molecule has 0 aromatic carbocycles. The third kappa shape index (κ3) is 2.46. The van der Waals surface area contributed by atoms with Crippen molar-refractivity contribution in [2.24, 2.45) is 5.92 Å². The van der Waals surface area contributed by atoms with Crippen LogP contribution in [0.4, 0.5) is 0 Å². The number of hydrogen-bond acceptors (Lipinski definition) is 3. The zero-order valence-corrected chi connectivity index (χ0v) is 12.2. The van der Waals surface area contributed by atoms with Crippen molar-refractivity contribution < 1.29 is 9.90 Å². The van der Waals surface area contributed by atoms with Crippen LogP contribution in [0.1, 0.15) is 44.1 Å². The first kappa shape index (κ1) is 13.6. The maximum atomic E-state index is 11.1. The minimum atomic E-state index is -0.683. The molecule has 0 aliphatic carbocycles. The summed E-state index contributed by atoms with van der Waals surface area (Å²) in [7, 11) is 0. The van der Waals surface area contributed by atoms with E-state index in [0.29, 0.717) is 24.9 Å². The van der Waals surface area contributed by atoms with Gasteiger partial charge in [-0.25, -0.2) is 4.98 Å². The second-order valence-corrected chi connectivity index (χ2v) is 6.38. The fourth-order valence-electron chi connectivity index (χ4n) is 3.36. The Morgan fingerprint density at radius 3 is 2.85 bits per heavy atom. The van der Waals surface area contributed by atoms with Crippen LogP contribution in [0, 0.1) is 5.92 Å². The second kappa shape index (κ2) is 5.20. The molecule has 0 amide bonds. The SMILES string of the molecule is CC(C)N1CCC(c2cn3c(n2)CCC(C(=O)O)C3)C1. The van der Waals surface area contributed by atoms with E-state index in [-0.39, 0.29) is 5.92 Å². The first-order valence-corrected chi connectivity index (χ1v) is 7.57. The van der Waals surface area contributed by atoms with Gasteiger partial charge in [0.05, 0.1) is 11.6 Å². The number of nitrogens with zero attached hydrogens (tertiary/aromatic N) is 3. The summed E-state index contributed by atoms with van der Waals surface area (Å²) < 4.78 is 2.07. The number of likely N-dealkylation sites (tertiary alicyclic amines) is 1. The van der Waals surface area contributed by atoms with E-state index in [0.717, 1.165) is 37.4 Å². The number of hydrogen-bond donors (Lipinski definition) is 1. The quantitative estimate of drug-likeness (QED) is 0.914. The fraction of sp³-hybridized carbons (Fsp3) is 0.733. The van der Waals surface area contributed by atoms with E-state index in [2.05, 4.69) is 29.5 Å². The van der Waals surface area contributed by atoms with Crippen molar-refractivity contribution in [3.8, 4) is 0 Å². The normalized spacial score (nSPS) is 26.9. The molecule has 3 rings (SSSR count). The smallest absolute Gasteiger partial charge is 0.308 e. The highest BCUT2D eigenvalue weighted by Crippen LogP contribution is 2.29. The predicted octanol–water partition coefficient (Wildman–Crippen LogP) is 1.73. The number of imidazole rings is 1. The highest BCUT2D eigenvalue weighted by molar-refractivity contribution is 5.70. The third-order valence-corrected chi connectivity index (χ3v) is 4.73. The van der Waals surface area contributed by atoms with Gasteiger partial charge in [-0.2, -0.15) is 0 Å². The summed E-state index contributed by atoms with van der Waals surface area (Å²) >= 11 is 0. The Morgan fingerprint density at radius 2 is 2.20 bits per heavy atom. The number of aliphatic carboxylic acids is 1. The van der Waals surface area contributed by atoms with Crippen LogP contribution in [0.2, 0.25) is 0 Å². The molecule has 110 valence electrons. The van der Waals surface area contributed by atoms with Crippen molar-refractivity contribution in [1.82, 2.24) is 14.5 Å². The van der Waals surface area contributed by atoms with Crippen molar-refractivity contribution in [2.75, 3.05) is 13.1 Å². The number of carboxylic acids is 1. The van der Waals surface area contributed by atoms with Crippen LogP contribution in [0.15, 0.2) is 6.20 Å². The van der Waals surface area contributed by atoms with Crippen molar-refractivity contribution in [3.05, 3.63) is 17.7 Å². The molecule has 5 nitrogen and oxygen atoms in total. The summed E-state index contributed by atoms with van der Waals surface area (Å²) in [6.07, 6.45) is 4.77. The molecule has 1 aromatic rings. The molecule has 20 heavy (non-hydrogen) atoms. The lowest BCUT2D eigenvalue weighted by molar-refractivity contribution is -0.142. The molecule has 1 saturated heterocycles. The van der Waals surface area contributed by atoms with Gasteiger partial charge in [0.15, 0.2) is 0 Å². The Bertz CT molecular complexity index is 509. The Kier molecular flexibility index (Phi) is 3.54. The number of rotatable bonds is 3. The zero-order chi connectivity index (χ0) is 14.3.